The first-order chi connectivity index (χ1) is 10.1. The molecule has 0 saturated carbocycles. The van der Waals surface area contributed by atoms with Crippen molar-refractivity contribution in [3.8, 4) is 5.75 Å². The molecule has 0 spiro atoms. The molecule has 6 heteroatoms. The van der Waals surface area contributed by atoms with Crippen molar-refractivity contribution in [2.45, 2.75) is 25.8 Å². The number of halogens is 1. The molecular weight excluding hydrogens is 336 g/mol. The highest BCUT2D eigenvalue weighted by molar-refractivity contribution is 9.10. The van der Waals surface area contributed by atoms with Crippen LogP contribution in [0.15, 0.2) is 28.7 Å². The standard InChI is InChI=1S/C15H19BrN2O3/c1-11-15(20)17-8-9-18(11)14(19)3-2-10-21-13-6-4-12(16)5-7-13/h4-7,11H,2-3,8-10H2,1H3,(H,17,20). The van der Waals surface area contributed by atoms with Crippen LogP contribution in [-0.4, -0.2) is 42.5 Å². The van der Waals surface area contributed by atoms with Gasteiger partial charge in [0.15, 0.2) is 0 Å². The quantitative estimate of drug-likeness (QED) is 0.822. The maximum atomic E-state index is 12.1. The molecule has 1 aromatic carbocycles. The largest absolute Gasteiger partial charge is 0.494 e. The molecule has 1 aromatic rings. The van der Waals surface area contributed by atoms with E-state index < -0.39 is 0 Å². The maximum Gasteiger partial charge on any atom is 0.242 e. The summed E-state index contributed by atoms with van der Waals surface area (Å²) in [5.41, 5.74) is 0. The number of rotatable bonds is 5. The number of hydrogen-bond donors (Lipinski definition) is 1. The van der Waals surface area contributed by atoms with Crippen molar-refractivity contribution in [2.75, 3.05) is 19.7 Å². The van der Waals surface area contributed by atoms with Gasteiger partial charge in [-0.2, -0.15) is 0 Å². The Morgan fingerprint density at radius 1 is 1.43 bits per heavy atom. The lowest BCUT2D eigenvalue weighted by Gasteiger charge is -2.32. The molecule has 0 aliphatic carbocycles. The molecule has 1 atom stereocenters. The third kappa shape index (κ3) is 4.46. The van der Waals surface area contributed by atoms with Crippen LogP contribution < -0.4 is 10.1 Å². The fourth-order valence-electron chi connectivity index (χ4n) is 2.21. The summed E-state index contributed by atoms with van der Waals surface area (Å²) < 4.78 is 6.58. The van der Waals surface area contributed by atoms with E-state index in [2.05, 4.69) is 21.2 Å². The summed E-state index contributed by atoms with van der Waals surface area (Å²) in [5.74, 6) is 0.717. The van der Waals surface area contributed by atoms with Gasteiger partial charge in [0, 0.05) is 24.0 Å². The van der Waals surface area contributed by atoms with Crippen molar-refractivity contribution >= 4 is 27.7 Å². The third-order valence-corrected chi connectivity index (χ3v) is 3.97. The van der Waals surface area contributed by atoms with Crippen molar-refractivity contribution in [2.24, 2.45) is 0 Å². The molecule has 114 valence electrons. The molecule has 1 aliphatic heterocycles. The smallest absolute Gasteiger partial charge is 0.242 e. The molecule has 2 amide bonds. The first-order valence-electron chi connectivity index (χ1n) is 7.03. The van der Waals surface area contributed by atoms with E-state index in [1.807, 2.05) is 24.3 Å². The van der Waals surface area contributed by atoms with Crippen LogP contribution in [0, 0.1) is 0 Å². The second-order valence-electron chi connectivity index (χ2n) is 4.96. The molecule has 1 heterocycles. The average Bonchev–Trinajstić information content (AvgIpc) is 2.48. The monoisotopic (exact) mass is 354 g/mol. The van der Waals surface area contributed by atoms with Crippen molar-refractivity contribution in [3.63, 3.8) is 0 Å². The van der Waals surface area contributed by atoms with Crippen LogP contribution in [0.5, 0.6) is 5.75 Å². The number of nitrogens with zero attached hydrogens (tertiary/aromatic N) is 1. The summed E-state index contributed by atoms with van der Waals surface area (Å²) in [6.45, 7) is 3.36. The summed E-state index contributed by atoms with van der Waals surface area (Å²) in [4.78, 5) is 25.2. The van der Waals surface area contributed by atoms with E-state index in [0.29, 0.717) is 32.5 Å². The molecule has 0 radical (unpaired) electrons. The van der Waals surface area contributed by atoms with Gasteiger partial charge in [0.2, 0.25) is 11.8 Å². The molecule has 1 fully saturated rings. The number of carbonyl (C=O) groups excluding carboxylic acids is 2. The number of amides is 2. The number of benzene rings is 1. The second kappa shape index (κ2) is 7.45. The van der Waals surface area contributed by atoms with Gasteiger partial charge in [-0.1, -0.05) is 15.9 Å². The van der Waals surface area contributed by atoms with Gasteiger partial charge >= 0.3 is 0 Å². The number of ether oxygens (including phenoxy) is 1. The minimum absolute atomic E-state index is 0.0109. The molecular formula is C15H19BrN2O3. The SMILES string of the molecule is CC1C(=O)NCCN1C(=O)CCCOc1ccc(Br)cc1. The number of nitrogens with one attached hydrogen (secondary N) is 1. The van der Waals surface area contributed by atoms with E-state index >= 15 is 0 Å². The van der Waals surface area contributed by atoms with Crippen molar-refractivity contribution in [1.82, 2.24) is 10.2 Å². The zero-order chi connectivity index (χ0) is 15.2. The Bertz CT molecular complexity index is 504. The van der Waals surface area contributed by atoms with E-state index in [1.165, 1.54) is 0 Å². The summed E-state index contributed by atoms with van der Waals surface area (Å²) in [5, 5.41) is 2.75. The Balaban J connectivity index is 1.71. The summed E-state index contributed by atoms with van der Waals surface area (Å²) >= 11 is 3.36. The Kier molecular flexibility index (Phi) is 5.61. The second-order valence-corrected chi connectivity index (χ2v) is 5.88. The number of carbonyl (C=O) groups is 2. The van der Waals surface area contributed by atoms with E-state index in [-0.39, 0.29) is 17.9 Å². The highest BCUT2D eigenvalue weighted by Crippen LogP contribution is 2.16. The molecule has 21 heavy (non-hydrogen) atoms. The lowest BCUT2D eigenvalue weighted by atomic mass is 10.1. The summed E-state index contributed by atoms with van der Waals surface area (Å²) in [7, 11) is 0. The zero-order valence-corrected chi connectivity index (χ0v) is 13.6. The van der Waals surface area contributed by atoms with Crippen LogP contribution >= 0.6 is 15.9 Å². The van der Waals surface area contributed by atoms with Crippen LogP contribution in [0.2, 0.25) is 0 Å². The molecule has 5 nitrogen and oxygen atoms in total. The van der Waals surface area contributed by atoms with E-state index in [4.69, 9.17) is 4.74 Å². The van der Waals surface area contributed by atoms with Gasteiger partial charge in [-0.05, 0) is 37.6 Å². The van der Waals surface area contributed by atoms with Gasteiger partial charge < -0.3 is 15.0 Å². The lowest BCUT2D eigenvalue weighted by Crippen LogP contribution is -2.55. The van der Waals surface area contributed by atoms with Crippen LogP contribution in [0.3, 0.4) is 0 Å². The van der Waals surface area contributed by atoms with Crippen molar-refractivity contribution in [1.29, 1.82) is 0 Å². The van der Waals surface area contributed by atoms with E-state index in [9.17, 15) is 9.59 Å². The van der Waals surface area contributed by atoms with Gasteiger partial charge in [0.1, 0.15) is 11.8 Å². The minimum atomic E-state index is -0.376. The molecule has 0 aromatic heterocycles. The lowest BCUT2D eigenvalue weighted by molar-refractivity contribution is -0.142. The summed E-state index contributed by atoms with van der Waals surface area (Å²) in [6.07, 6.45) is 1.04. The highest BCUT2D eigenvalue weighted by atomic mass is 79.9. The van der Waals surface area contributed by atoms with Gasteiger partial charge in [0.25, 0.3) is 0 Å². The molecule has 2 rings (SSSR count). The molecule has 1 N–H and O–H groups in total. The first kappa shape index (κ1) is 15.8. The van der Waals surface area contributed by atoms with E-state index in [1.54, 1.807) is 11.8 Å². The van der Waals surface area contributed by atoms with Crippen LogP contribution in [0.4, 0.5) is 0 Å². The predicted octanol–water partition coefficient (Wildman–Crippen LogP) is 1.95. The normalized spacial score (nSPS) is 18.3. The van der Waals surface area contributed by atoms with Crippen LogP contribution in [0.1, 0.15) is 19.8 Å². The molecule has 1 unspecified atom stereocenters. The molecule has 1 aliphatic rings. The summed E-state index contributed by atoms with van der Waals surface area (Å²) in [6, 6.07) is 7.20. The Labute approximate surface area is 132 Å². The predicted molar refractivity (Wildman–Crippen MR) is 83.1 cm³/mol. The fourth-order valence-corrected chi connectivity index (χ4v) is 2.48. The zero-order valence-electron chi connectivity index (χ0n) is 12.0. The van der Waals surface area contributed by atoms with Crippen LogP contribution in [-0.2, 0) is 9.59 Å². The maximum absolute atomic E-state index is 12.1. The van der Waals surface area contributed by atoms with Gasteiger partial charge in [-0.25, -0.2) is 0 Å². The van der Waals surface area contributed by atoms with E-state index in [0.717, 1.165) is 10.2 Å². The third-order valence-electron chi connectivity index (χ3n) is 3.44. The fraction of sp³-hybridized carbons (Fsp3) is 0.467. The van der Waals surface area contributed by atoms with Crippen LogP contribution in [0.25, 0.3) is 0 Å². The Morgan fingerprint density at radius 3 is 2.86 bits per heavy atom. The average molecular weight is 355 g/mol. The molecule has 1 saturated heterocycles. The van der Waals surface area contributed by atoms with Crippen molar-refractivity contribution in [3.05, 3.63) is 28.7 Å². The first-order valence-corrected chi connectivity index (χ1v) is 7.83. The Morgan fingerprint density at radius 2 is 2.14 bits per heavy atom. The number of piperazine rings is 1. The van der Waals surface area contributed by atoms with Gasteiger partial charge in [0.05, 0.1) is 6.61 Å². The van der Waals surface area contributed by atoms with Crippen molar-refractivity contribution < 1.29 is 14.3 Å². The Hall–Kier alpha value is -1.56. The topological polar surface area (TPSA) is 58.6 Å². The minimum Gasteiger partial charge on any atom is -0.494 e. The highest BCUT2D eigenvalue weighted by Gasteiger charge is 2.28. The van der Waals surface area contributed by atoms with Gasteiger partial charge in [-0.3, -0.25) is 9.59 Å². The molecule has 0 bridgehead atoms. The number of hydrogen-bond acceptors (Lipinski definition) is 3. The van der Waals surface area contributed by atoms with Gasteiger partial charge in [-0.15, -0.1) is 0 Å².